The number of aromatic nitrogens is 4. The molecule has 8 nitrogen and oxygen atoms in total. The van der Waals surface area contributed by atoms with Crippen molar-refractivity contribution in [3.63, 3.8) is 0 Å². The van der Waals surface area contributed by atoms with Crippen LogP contribution in [0.4, 0.5) is 11.8 Å². The van der Waals surface area contributed by atoms with Gasteiger partial charge in [0.15, 0.2) is 17.0 Å². The summed E-state index contributed by atoms with van der Waals surface area (Å²) in [5, 5.41) is 7.12. The number of imidazole rings is 1. The predicted molar refractivity (Wildman–Crippen MR) is 132 cm³/mol. The molecule has 0 amide bonds. The van der Waals surface area contributed by atoms with Crippen molar-refractivity contribution >= 4 is 22.9 Å². The fourth-order valence-corrected chi connectivity index (χ4v) is 5.23. The number of para-hydroxylation sites is 1. The lowest BCUT2D eigenvalue weighted by atomic mass is 9.92. The zero-order valence-electron chi connectivity index (χ0n) is 19.5. The molecule has 176 valence electrons. The summed E-state index contributed by atoms with van der Waals surface area (Å²) in [5.41, 5.74) is 9.04. The molecule has 8 heteroatoms. The molecule has 0 aliphatic heterocycles. The number of rotatable bonds is 8. The maximum Gasteiger partial charge on any atom is 0.227 e. The molecule has 2 heterocycles. The fourth-order valence-electron chi connectivity index (χ4n) is 5.23. The minimum absolute atomic E-state index is 0.322. The van der Waals surface area contributed by atoms with Crippen LogP contribution >= 0.6 is 0 Å². The average molecular weight is 450 g/mol. The van der Waals surface area contributed by atoms with Gasteiger partial charge in [0.2, 0.25) is 5.95 Å². The summed E-state index contributed by atoms with van der Waals surface area (Å²) >= 11 is 0. The number of hydrogen-bond donors (Lipinski definition) is 3. The van der Waals surface area contributed by atoms with Gasteiger partial charge in [0, 0.05) is 24.7 Å². The standard InChI is InChI=1S/C25H35N7O/c1-33-21-9-5-2-6-17(21)14-15-27-23-22-24(32(16-28-22)20-7-3-4-8-20)31-25(30-23)29-19-12-10-18(26)11-13-19/h2,5-6,9,16,18-20H,3-4,7-8,10-15,26H2,1H3,(H2,27,29,30,31). The van der Waals surface area contributed by atoms with Gasteiger partial charge in [0.25, 0.3) is 0 Å². The first-order valence-corrected chi connectivity index (χ1v) is 12.3. The molecule has 4 N–H and O–H groups in total. The smallest absolute Gasteiger partial charge is 0.227 e. The van der Waals surface area contributed by atoms with Crippen molar-refractivity contribution in [2.75, 3.05) is 24.3 Å². The highest BCUT2D eigenvalue weighted by Gasteiger charge is 2.23. The highest BCUT2D eigenvalue weighted by atomic mass is 16.5. The third kappa shape index (κ3) is 4.90. The number of methoxy groups -OCH3 is 1. The van der Waals surface area contributed by atoms with E-state index in [1.165, 1.54) is 31.2 Å². The van der Waals surface area contributed by atoms with Crippen molar-refractivity contribution in [2.45, 2.75) is 75.9 Å². The maximum absolute atomic E-state index is 6.10. The van der Waals surface area contributed by atoms with Crippen molar-refractivity contribution in [1.29, 1.82) is 0 Å². The Morgan fingerprint density at radius 3 is 2.64 bits per heavy atom. The number of anilines is 2. The van der Waals surface area contributed by atoms with Crippen LogP contribution in [-0.4, -0.2) is 45.3 Å². The van der Waals surface area contributed by atoms with Crippen LogP contribution in [0.2, 0.25) is 0 Å². The molecule has 0 atom stereocenters. The minimum Gasteiger partial charge on any atom is -0.496 e. The molecule has 33 heavy (non-hydrogen) atoms. The summed E-state index contributed by atoms with van der Waals surface area (Å²) in [5.74, 6) is 2.39. The lowest BCUT2D eigenvalue weighted by Crippen LogP contribution is -2.33. The Labute approximate surface area is 195 Å². The van der Waals surface area contributed by atoms with Gasteiger partial charge in [0.05, 0.1) is 13.4 Å². The molecule has 0 radical (unpaired) electrons. The summed E-state index contributed by atoms with van der Waals surface area (Å²) in [6, 6.07) is 9.31. The predicted octanol–water partition coefficient (Wildman–Crippen LogP) is 4.29. The Hall–Kier alpha value is -2.87. The number of nitrogens with two attached hydrogens (primary N) is 1. The molecule has 2 aromatic heterocycles. The zero-order chi connectivity index (χ0) is 22.6. The molecule has 2 aliphatic carbocycles. The molecule has 2 saturated carbocycles. The van der Waals surface area contributed by atoms with Crippen LogP contribution in [-0.2, 0) is 6.42 Å². The van der Waals surface area contributed by atoms with Gasteiger partial charge in [-0.15, -0.1) is 0 Å². The van der Waals surface area contributed by atoms with Gasteiger partial charge in [-0.3, -0.25) is 0 Å². The Balaban J connectivity index is 1.39. The molecule has 2 aliphatic rings. The van der Waals surface area contributed by atoms with Crippen LogP contribution in [0.25, 0.3) is 11.2 Å². The number of nitrogens with one attached hydrogen (secondary N) is 2. The lowest BCUT2D eigenvalue weighted by molar-refractivity contribution is 0.410. The molecule has 1 aromatic carbocycles. The molecular weight excluding hydrogens is 414 g/mol. The molecule has 0 saturated heterocycles. The number of fused-ring (bicyclic) bond motifs is 1. The van der Waals surface area contributed by atoms with E-state index in [0.717, 1.165) is 61.4 Å². The van der Waals surface area contributed by atoms with Crippen LogP contribution in [0.3, 0.4) is 0 Å². The molecule has 0 bridgehead atoms. The van der Waals surface area contributed by atoms with E-state index in [1.807, 2.05) is 24.5 Å². The minimum atomic E-state index is 0.322. The third-order valence-corrected chi connectivity index (χ3v) is 7.12. The second kappa shape index (κ2) is 9.95. The van der Waals surface area contributed by atoms with Gasteiger partial charge in [-0.2, -0.15) is 9.97 Å². The van der Waals surface area contributed by atoms with Gasteiger partial charge in [-0.05, 0) is 56.6 Å². The quantitative estimate of drug-likeness (QED) is 0.471. The number of ether oxygens (including phenoxy) is 1. The van der Waals surface area contributed by atoms with Gasteiger partial charge in [-0.1, -0.05) is 31.0 Å². The second-order valence-electron chi connectivity index (χ2n) is 9.40. The SMILES string of the molecule is COc1ccccc1CCNc1nc(NC2CCC(N)CC2)nc2c1ncn2C1CCCC1. The van der Waals surface area contributed by atoms with Gasteiger partial charge < -0.3 is 25.7 Å². The zero-order valence-corrected chi connectivity index (χ0v) is 19.5. The lowest BCUT2D eigenvalue weighted by Gasteiger charge is -2.27. The second-order valence-corrected chi connectivity index (χ2v) is 9.40. The normalized spacial score (nSPS) is 21.4. The average Bonchev–Trinajstić information content (AvgIpc) is 3.51. The van der Waals surface area contributed by atoms with E-state index in [4.69, 9.17) is 25.4 Å². The number of benzene rings is 1. The van der Waals surface area contributed by atoms with E-state index >= 15 is 0 Å². The van der Waals surface area contributed by atoms with Crippen LogP contribution in [0.15, 0.2) is 30.6 Å². The van der Waals surface area contributed by atoms with Crippen molar-refractivity contribution in [3.05, 3.63) is 36.2 Å². The molecule has 0 spiro atoms. The van der Waals surface area contributed by atoms with Crippen LogP contribution in [0, 0.1) is 0 Å². The first-order chi connectivity index (χ1) is 16.2. The molecule has 5 rings (SSSR count). The van der Waals surface area contributed by atoms with Crippen LogP contribution in [0.1, 0.15) is 63.0 Å². The summed E-state index contributed by atoms with van der Waals surface area (Å²) in [4.78, 5) is 14.5. The topological polar surface area (TPSA) is 103 Å². The van der Waals surface area contributed by atoms with Crippen molar-refractivity contribution < 1.29 is 4.74 Å². The van der Waals surface area contributed by atoms with Crippen LogP contribution < -0.4 is 21.1 Å². The van der Waals surface area contributed by atoms with E-state index in [0.29, 0.717) is 24.1 Å². The number of nitrogens with zero attached hydrogens (tertiary/aromatic N) is 4. The summed E-state index contributed by atoms with van der Waals surface area (Å²) in [6.07, 6.45) is 11.9. The van der Waals surface area contributed by atoms with Crippen molar-refractivity contribution in [1.82, 2.24) is 19.5 Å². The molecule has 0 unspecified atom stereocenters. The van der Waals surface area contributed by atoms with E-state index < -0.39 is 0 Å². The Bertz CT molecular complexity index is 1070. The summed E-state index contributed by atoms with van der Waals surface area (Å²) in [6.45, 7) is 0.737. The Morgan fingerprint density at radius 1 is 1.06 bits per heavy atom. The summed E-state index contributed by atoms with van der Waals surface area (Å²) < 4.78 is 7.76. The highest BCUT2D eigenvalue weighted by Crippen LogP contribution is 2.33. The van der Waals surface area contributed by atoms with Crippen molar-refractivity contribution in [2.24, 2.45) is 5.73 Å². The summed E-state index contributed by atoms with van der Waals surface area (Å²) in [7, 11) is 1.71. The Kier molecular flexibility index (Phi) is 6.62. The van der Waals surface area contributed by atoms with Crippen LogP contribution in [0.5, 0.6) is 5.75 Å². The first-order valence-electron chi connectivity index (χ1n) is 12.3. The molecule has 3 aromatic rings. The van der Waals surface area contributed by atoms with Gasteiger partial charge >= 0.3 is 0 Å². The van der Waals surface area contributed by atoms with Gasteiger partial charge in [-0.25, -0.2) is 4.98 Å². The van der Waals surface area contributed by atoms with E-state index in [-0.39, 0.29) is 0 Å². The third-order valence-electron chi connectivity index (χ3n) is 7.12. The van der Waals surface area contributed by atoms with Crippen molar-refractivity contribution in [3.8, 4) is 5.75 Å². The fraction of sp³-hybridized carbons (Fsp3) is 0.560. The maximum atomic E-state index is 6.10. The van der Waals surface area contributed by atoms with E-state index in [1.54, 1.807) is 7.11 Å². The molecule has 2 fully saturated rings. The Morgan fingerprint density at radius 2 is 1.85 bits per heavy atom. The van der Waals surface area contributed by atoms with E-state index in [9.17, 15) is 0 Å². The first kappa shape index (κ1) is 21.9. The largest absolute Gasteiger partial charge is 0.496 e. The van der Waals surface area contributed by atoms with Gasteiger partial charge in [0.1, 0.15) is 5.75 Å². The molecular formula is C25H35N7O. The monoisotopic (exact) mass is 449 g/mol. The van der Waals surface area contributed by atoms with E-state index in [2.05, 4.69) is 21.3 Å². The highest BCUT2D eigenvalue weighted by molar-refractivity contribution is 5.84. The number of hydrogen-bond acceptors (Lipinski definition) is 7.